The molecule has 1 aliphatic carbocycles. The van der Waals surface area contributed by atoms with Crippen LogP contribution in [0.2, 0.25) is 0 Å². The molecule has 1 N–H and O–H groups in total. The normalized spacial score (nSPS) is 15.0. The van der Waals surface area contributed by atoms with Crippen molar-refractivity contribution in [1.29, 1.82) is 0 Å². The topological polar surface area (TPSA) is 46.9 Å². The maximum atomic E-state index is 13.3. The molecule has 3 aromatic rings. The molecule has 0 amide bonds. The van der Waals surface area contributed by atoms with Gasteiger partial charge in [-0.1, -0.05) is 85.3 Å². The van der Waals surface area contributed by atoms with Crippen LogP contribution < -0.4 is 10.3 Å². The van der Waals surface area contributed by atoms with Crippen molar-refractivity contribution in [2.45, 2.75) is 69.9 Å². The first-order chi connectivity index (χ1) is 15.1. The number of hydrogen-bond donors (Lipinski definition) is 1. The van der Waals surface area contributed by atoms with Gasteiger partial charge in [-0.25, -0.2) is 4.68 Å². The number of nitrogens with zero attached hydrogens (tertiary/aromatic N) is 2. The first-order valence-electron chi connectivity index (χ1n) is 11.3. The molecule has 0 bridgehead atoms. The van der Waals surface area contributed by atoms with Gasteiger partial charge in [-0.3, -0.25) is 9.52 Å². The molecule has 1 saturated carbocycles. The van der Waals surface area contributed by atoms with E-state index in [0.717, 1.165) is 16.8 Å². The molecule has 0 saturated heterocycles. The van der Waals surface area contributed by atoms with Crippen LogP contribution in [0.1, 0.15) is 55.2 Å². The molecule has 31 heavy (non-hydrogen) atoms. The molecule has 0 spiro atoms. The lowest BCUT2D eigenvalue weighted by atomic mass is 10.1. The Morgan fingerprint density at radius 1 is 0.935 bits per heavy atom. The van der Waals surface area contributed by atoms with E-state index in [4.69, 9.17) is 5.10 Å². The Morgan fingerprint density at radius 3 is 2.19 bits per heavy atom. The number of aromatic nitrogens is 2. The third-order valence-corrected chi connectivity index (χ3v) is 6.90. The molecule has 0 unspecified atom stereocenters. The van der Waals surface area contributed by atoms with Gasteiger partial charge in [-0.05, 0) is 50.3 Å². The van der Waals surface area contributed by atoms with E-state index in [2.05, 4.69) is 67.1 Å². The second kappa shape index (κ2) is 10.3. The number of hydrogen-bond acceptors (Lipinski definition) is 4. The summed E-state index contributed by atoms with van der Waals surface area (Å²) in [6.45, 7) is 4.61. The van der Waals surface area contributed by atoms with Crippen molar-refractivity contribution in [2.75, 3.05) is 0 Å². The lowest BCUT2D eigenvalue weighted by molar-refractivity contribution is 0.550. The lowest BCUT2D eigenvalue weighted by Gasteiger charge is -2.16. The maximum Gasteiger partial charge on any atom is 0.282 e. The van der Waals surface area contributed by atoms with Crippen LogP contribution in [0.4, 0.5) is 0 Å². The highest BCUT2D eigenvalue weighted by Crippen LogP contribution is 2.24. The molecule has 0 radical (unpaired) electrons. The van der Waals surface area contributed by atoms with Crippen molar-refractivity contribution >= 4 is 11.9 Å². The summed E-state index contributed by atoms with van der Waals surface area (Å²) in [7, 11) is 0. The zero-order chi connectivity index (χ0) is 21.6. The standard InChI is InChI=1S/C26H31N3OS/c1-19-9-13-21(14-10-19)18-29-26(30)25(31-28-23-7-5-3-4-6-8-23)17-24(27-29)22-15-11-20(2)12-16-22/h9-17,23,28H,3-8,18H2,1-2H3. The fourth-order valence-corrected chi connectivity index (χ4v) is 4.87. The van der Waals surface area contributed by atoms with Crippen molar-refractivity contribution in [3.8, 4) is 11.3 Å². The number of aryl methyl sites for hydroxylation is 2. The van der Waals surface area contributed by atoms with Crippen LogP contribution in [0.15, 0.2) is 64.3 Å². The lowest BCUT2D eigenvalue weighted by Crippen LogP contribution is -2.28. The second-order valence-corrected chi connectivity index (χ2v) is 9.50. The van der Waals surface area contributed by atoms with Gasteiger partial charge in [0.2, 0.25) is 0 Å². The minimum absolute atomic E-state index is 0.0393. The van der Waals surface area contributed by atoms with E-state index in [0.29, 0.717) is 17.5 Å². The molecule has 4 nitrogen and oxygen atoms in total. The molecule has 5 heteroatoms. The van der Waals surface area contributed by atoms with Crippen LogP contribution >= 0.6 is 11.9 Å². The molecule has 1 heterocycles. The van der Waals surface area contributed by atoms with Crippen LogP contribution in [0, 0.1) is 13.8 Å². The van der Waals surface area contributed by atoms with Crippen LogP contribution in [0.5, 0.6) is 0 Å². The van der Waals surface area contributed by atoms with E-state index in [1.54, 1.807) is 4.68 Å². The van der Waals surface area contributed by atoms with Crippen molar-refractivity contribution in [3.63, 3.8) is 0 Å². The number of nitrogens with one attached hydrogen (secondary N) is 1. The predicted molar refractivity (Wildman–Crippen MR) is 129 cm³/mol. The Hall–Kier alpha value is -2.37. The maximum absolute atomic E-state index is 13.3. The van der Waals surface area contributed by atoms with Crippen molar-refractivity contribution in [3.05, 3.63) is 81.6 Å². The SMILES string of the molecule is Cc1ccc(Cn2nc(-c3ccc(C)cc3)cc(SNC3CCCCCC3)c2=O)cc1. The average molecular weight is 434 g/mol. The van der Waals surface area contributed by atoms with Crippen LogP contribution in [-0.4, -0.2) is 15.8 Å². The molecule has 2 aromatic carbocycles. The summed E-state index contributed by atoms with van der Waals surface area (Å²) >= 11 is 1.48. The van der Waals surface area contributed by atoms with Gasteiger partial charge in [0, 0.05) is 11.6 Å². The number of benzene rings is 2. The average Bonchev–Trinajstić information content (AvgIpc) is 3.05. The highest BCUT2D eigenvalue weighted by molar-refractivity contribution is 7.97. The summed E-state index contributed by atoms with van der Waals surface area (Å²) in [5, 5.41) is 4.72. The van der Waals surface area contributed by atoms with Crippen molar-refractivity contribution < 1.29 is 0 Å². The fraction of sp³-hybridized carbons (Fsp3) is 0.385. The minimum atomic E-state index is -0.0393. The monoisotopic (exact) mass is 433 g/mol. The third kappa shape index (κ3) is 5.86. The van der Waals surface area contributed by atoms with Gasteiger partial charge in [-0.15, -0.1) is 0 Å². The van der Waals surface area contributed by atoms with Gasteiger partial charge in [0.25, 0.3) is 5.56 Å². The summed E-state index contributed by atoms with van der Waals surface area (Å²) in [5.41, 5.74) is 5.32. The van der Waals surface area contributed by atoms with E-state index >= 15 is 0 Å². The molecular weight excluding hydrogens is 402 g/mol. The molecule has 1 fully saturated rings. The van der Waals surface area contributed by atoms with Crippen LogP contribution in [0.3, 0.4) is 0 Å². The smallest absolute Gasteiger partial charge is 0.266 e. The highest BCUT2D eigenvalue weighted by atomic mass is 32.2. The molecule has 4 rings (SSSR count). The van der Waals surface area contributed by atoms with Gasteiger partial charge in [-0.2, -0.15) is 5.10 Å². The highest BCUT2D eigenvalue weighted by Gasteiger charge is 2.16. The third-order valence-electron chi connectivity index (χ3n) is 5.93. The summed E-state index contributed by atoms with van der Waals surface area (Å²) in [6.07, 6.45) is 7.53. The fourth-order valence-electron chi connectivity index (χ4n) is 3.97. The molecule has 1 aliphatic rings. The van der Waals surface area contributed by atoms with Gasteiger partial charge in [0.1, 0.15) is 0 Å². The Labute approximate surface area is 189 Å². The Morgan fingerprint density at radius 2 is 1.55 bits per heavy atom. The van der Waals surface area contributed by atoms with Gasteiger partial charge in [0.15, 0.2) is 0 Å². The zero-order valence-electron chi connectivity index (χ0n) is 18.4. The van der Waals surface area contributed by atoms with Crippen molar-refractivity contribution in [2.24, 2.45) is 0 Å². The first kappa shape index (κ1) is 21.8. The van der Waals surface area contributed by atoms with Gasteiger partial charge in [0.05, 0.1) is 17.1 Å². The molecular formula is C26H31N3OS. The summed E-state index contributed by atoms with van der Waals surface area (Å²) in [4.78, 5) is 14.0. The quantitative estimate of drug-likeness (QED) is 0.389. The summed E-state index contributed by atoms with van der Waals surface area (Å²) in [5.74, 6) is 0. The second-order valence-electron chi connectivity index (χ2n) is 8.62. The van der Waals surface area contributed by atoms with Crippen LogP contribution in [0.25, 0.3) is 11.3 Å². The summed E-state index contributed by atoms with van der Waals surface area (Å²) in [6, 6.07) is 19.0. The largest absolute Gasteiger partial charge is 0.282 e. The van der Waals surface area contributed by atoms with Crippen molar-refractivity contribution in [1.82, 2.24) is 14.5 Å². The Bertz CT molecular complexity index is 1050. The predicted octanol–water partition coefficient (Wildman–Crippen LogP) is 5.89. The minimum Gasteiger partial charge on any atom is -0.266 e. The molecule has 0 atom stereocenters. The van der Waals surface area contributed by atoms with Crippen LogP contribution in [-0.2, 0) is 6.54 Å². The first-order valence-corrected chi connectivity index (χ1v) is 12.1. The van der Waals surface area contributed by atoms with E-state index in [1.807, 2.05) is 6.07 Å². The Balaban J connectivity index is 1.64. The van der Waals surface area contributed by atoms with E-state index in [1.165, 1.54) is 61.6 Å². The van der Waals surface area contributed by atoms with E-state index in [9.17, 15) is 4.79 Å². The molecule has 162 valence electrons. The molecule has 1 aromatic heterocycles. The molecule has 0 aliphatic heterocycles. The summed E-state index contributed by atoms with van der Waals surface area (Å²) < 4.78 is 5.19. The van der Waals surface area contributed by atoms with E-state index < -0.39 is 0 Å². The van der Waals surface area contributed by atoms with Gasteiger partial charge >= 0.3 is 0 Å². The Kier molecular flexibility index (Phi) is 7.25. The zero-order valence-corrected chi connectivity index (χ0v) is 19.3. The number of rotatable bonds is 6. The van der Waals surface area contributed by atoms with E-state index in [-0.39, 0.29) is 5.56 Å². The van der Waals surface area contributed by atoms with Gasteiger partial charge < -0.3 is 0 Å².